The van der Waals surface area contributed by atoms with E-state index in [2.05, 4.69) is 5.32 Å². The number of methoxy groups -OCH3 is 2. The monoisotopic (exact) mass is 300 g/mol. The molecule has 112 valence electrons. The summed E-state index contributed by atoms with van der Waals surface area (Å²) >= 11 is 0. The van der Waals surface area contributed by atoms with Crippen molar-refractivity contribution in [1.29, 1.82) is 0 Å². The number of carbonyl (C=O) groups excluding carboxylic acids is 1. The zero-order valence-corrected chi connectivity index (χ0v) is 12.8. The van der Waals surface area contributed by atoms with Gasteiger partial charge in [-0.25, -0.2) is 0 Å². The van der Waals surface area contributed by atoms with Crippen molar-refractivity contribution in [3.8, 4) is 11.5 Å². The molecule has 1 unspecified atom stereocenters. The van der Waals surface area contributed by atoms with Gasteiger partial charge in [-0.1, -0.05) is 0 Å². The van der Waals surface area contributed by atoms with Gasteiger partial charge in [-0.05, 0) is 19.1 Å². The van der Waals surface area contributed by atoms with Crippen LogP contribution in [-0.2, 0) is 0 Å². The van der Waals surface area contributed by atoms with Gasteiger partial charge in [0.05, 0.1) is 19.8 Å². The molecule has 0 bridgehead atoms. The lowest BCUT2D eigenvalue weighted by Gasteiger charge is -2.34. The van der Waals surface area contributed by atoms with Crippen molar-refractivity contribution in [1.82, 2.24) is 10.2 Å². The number of hydrogen-bond donors (Lipinski definition) is 1. The van der Waals surface area contributed by atoms with E-state index in [0.717, 1.165) is 19.6 Å². The van der Waals surface area contributed by atoms with Crippen LogP contribution in [0.4, 0.5) is 0 Å². The van der Waals surface area contributed by atoms with Gasteiger partial charge in [0.1, 0.15) is 11.5 Å². The molecule has 1 aliphatic rings. The summed E-state index contributed by atoms with van der Waals surface area (Å²) in [6.45, 7) is 4.41. The Morgan fingerprint density at radius 1 is 1.35 bits per heavy atom. The molecule has 6 heteroatoms. The van der Waals surface area contributed by atoms with Gasteiger partial charge >= 0.3 is 0 Å². The molecule has 0 aromatic heterocycles. The van der Waals surface area contributed by atoms with E-state index in [1.54, 1.807) is 32.4 Å². The summed E-state index contributed by atoms with van der Waals surface area (Å²) in [6, 6.07) is 5.46. The largest absolute Gasteiger partial charge is 0.497 e. The molecule has 1 amide bonds. The lowest BCUT2D eigenvalue weighted by Crippen LogP contribution is -2.52. The Balaban J connectivity index is 0.00000200. The van der Waals surface area contributed by atoms with Gasteiger partial charge in [0, 0.05) is 31.7 Å². The van der Waals surface area contributed by atoms with Crippen LogP contribution in [0, 0.1) is 0 Å². The van der Waals surface area contributed by atoms with E-state index in [0.29, 0.717) is 17.1 Å². The van der Waals surface area contributed by atoms with Crippen LogP contribution < -0.4 is 14.8 Å². The first kappa shape index (κ1) is 16.6. The summed E-state index contributed by atoms with van der Waals surface area (Å²) in [5, 5.41) is 3.27. The SMILES string of the molecule is COc1ccc(C(=O)N2CCNCC2C)c(OC)c1.Cl. The Labute approximate surface area is 125 Å². The number of carbonyl (C=O) groups is 1. The van der Waals surface area contributed by atoms with Crippen LogP contribution in [0.2, 0.25) is 0 Å². The number of nitrogens with one attached hydrogen (secondary N) is 1. The molecule has 1 N–H and O–H groups in total. The number of piperazine rings is 1. The highest BCUT2D eigenvalue weighted by Gasteiger charge is 2.26. The number of nitrogens with zero attached hydrogens (tertiary/aromatic N) is 1. The first-order chi connectivity index (χ1) is 9.17. The van der Waals surface area contributed by atoms with Gasteiger partial charge in [0.2, 0.25) is 0 Å². The number of amides is 1. The molecule has 1 atom stereocenters. The quantitative estimate of drug-likeness (QED) is 0.920. The van der Waals surface area contributed by atoms with E-state index in [1.165, 1.54) is 0 Å². The number of benzene rings is 1. The van der Waals surface area contributed by atoms with E-state index in [1.807, 2.05) is 11.8 Å². The zero-order chi connectivity index (χ0) is 13.8. The summed E-state index contributed by atoms with van der Waals surface area (Å²) in [5.74, 6) is 1.24. The third-order valence-electron chi connectivity index (χ3n) is 3.40. The Bertz CT molecular complexity index is 468. The number of ether oxygens (including phenoxy) is 2. The van der Waals surface area contributed by atoms with Crippen molar-refractivity contribution >= 4 is 18.3 Å². The summed E-state index contributed by atoms with van der Waals surface area (Å²) in [4.78, 5) is 14.4. The molecule has 2 rings (SSSR count). The third-order valence-corrected chi connectivity index (χ3v) is 3.40. The molecule has 1 aromatic rings. The molecular formula is C14H21ClN2O3. The molecule has 1 aliphatic heterocycles. The molecule has 1 heterocycles. The average molecular weight is 301 g/mol. The predicted molar refractivity (Wildman–Crippen MR) is 80.2 cm³/mol. The third kappa shape index (κ3) is 3.35. The Morgan fingerprint density at radius 2 is 2.10 bits per heavy atom. The van der Waals surface area contributed by atoms with Gasteiger partial charge in [0.15, 0.2) is 0 Å². The molecule has 0 aliphatic carbocycles. The minimum atomic E-state index is 0. The van der Waals surface area contributed by atoms with E-state index in [9.17, 15) is 4.79 Å². The van der Waals surface area contributed by atoms with Gasteiger partial charge < -0.3 is 19.7 Å². The fraction of sp³-hybridized carbons (Fsp3) is 0.500. The molecule has 1 aromatic carbocycles. The predicted octanol–water partition coefficient (Wildman–Crippen LogP) is 1.56. The summed E-state index contributed by atoms with van der Waals surface area (Å²) < 4.78 is 10.4. The zero-order valence-electron chi connectivity index (χ0n) is 12.0. The van der Waals surface area contributed by atoms with Crippen LogP contribution in [-0.4, -0.2) is 50.7 Å². The van der Waals surface area contributed by atoms with E-state index < -0.39 is 0 Å². The number of halogens is 1. The van der Waals surface area contributed by atoms with Crippen LogP contribution >= 0.6 is 12.4 Å². The van der Waals surface area contributed by atoms with Gasteiger partial charge in [-0.3, -0.25) is 4.79 Å². The van der Waals surface area contributed by atoms with Crippen LogP contribution in [0.3, 0.4) is 0 Å². The van der Waals surface area contributed by atoms with Gasteiger partial charge in [-0.15, -0.1) is 12.4 Å². The van der Waals surface area contributed by atoms with Crippen molar-refractivity contribution in [2.24, 2.45) is 0 Å². The van der Waals surface area contributed by atoms with E-state index >= 15 is 0 Å². The van der Waals surface area contributed by atoms with Gasteiger partial charge in [-0.2, -0.15) is 0 Å². The van der Waals surface area contributed by atoms with Crippen LogP contribution in [0.15, 0.2) is 18.2 Å². The lowest BCUT2D eigenvalue weighted by molar-refractivity contribution is 0.0652. The minimum Gasteiger partial charge on any atom is -0.497 e. The summed E-state index contributed by atoms with van der Waals surface area (Å²) in [7, 11) is 3.15. The Hall–Kier alpha value is -1.46. The average Bonchev–Trinajstić information content (AvgIpc) is 2.46. The van der Waals surface area contributed by atoms with E-state index in [4.69, 9.17) is 9.47 Å². The van der Waals surface area contributed by atoms with Crippen molar-refractivity contribution in [2.45, 2.75) is 13.0 Å². The second kappa shape index (κ2) is 7.36. The molecule has 0 radical (unpaired) electrons. The van der Waals surface area contributed by atoms with Crippen LogP contribution in [0.25, 0.3) is 0 Å². The molecular weight excluding hydrogens is 280 g/mol. The number of rotatable bonds is 3. The smallest absolute Gasteiger partial charge is 0.257 e. The lowest BCUT2D eigenvalue weighted by atomic mass is 10.1. The maximum atomic E-state index is 12.6. The number of hydrogen-bond acceptors (Lipinski definition) is 4. The van der Waals surface area contributed by atoms with Crippen LogP contribution in [0.1, 0.15) is 17.3 Å². The molecule has 20 heavy (non-hydrogen) atoms. The Morgan fingerprint density at radius 3 is 2.70 bits per heavy atom. The Kier molecular flexibility index (Phi) is 6.10. The van der Waals surface area contributed by atoms with Crippen molar-refractivity contribution in [3.05, 3.63) is 23.8 Å². The van der Waals surface area contributed by atoms with Crippen molar-refractivity contribution in [3.63, 3.8) is 0 Å². The first-order valence-corrected chi connectivity index (χ1v) is 6.41. The fourth-order valence-corrected chi connectivity index (χ4v) is 2.27. The molecule has 1 fully saturated rings. The van der Waals surface area contributed by atoms with Gasteiger partial charge in [0.25, 0.3) is 5.91 Å². The highest BCUT2D eigenvalue weighted by atomic mass is 35.5. The molecule has 0 saturated carbocycles. The normalized spacial score (nSPS) is 18.1. The van der Waals surface area contributed by atoms with Crippen molar-refractivity contribution < 1.29 is 14.3 Å². The summed E-state index contributed by atoms with van der Waals surface area (Å²) in [5.41, 5.74) is 0.581. The topological polar surface area (TPSA) is 50.8 Å². The highest BCUT2D eigenvalue weighted by molar-refractivity contribution is 5.97. The molecule has 1 saturated heterocycles. The maximum Gasteiger partial charge on any atom is 0.257 e. The van der Waals surface area contributed by atoms with E-state index in [-0.39, 0.29) is 24.4 Å². The highest BCUT2D eigenvalue weighted by Crippen LogP contribution is 2.26. The maximum absolute atomic E-state index is 12.6. The standard InChI is InChI=1S/C14H20N2O3.ClH/c1-10-9-15-6-7-16(10)14(17)12-5-4-11(18-2)8-13(12)19-3;/h4-5,8,10,15H,6-7,9H2,1-3H3;1H. The summed E-state index contributed by atoms with van der Waals surface area (Å²) in [6.07, 6.45) is 0. The second-order valence-corrected chi connectivity index (χ2v) is 4.62. The fourth-order valence-electron chi connectivity index (χ4n) is 2.27. The van der Waals surface area contributed by atoms with Crippen LogP contribution in [0.5, 0.6) is 11.5 Å². The minimum absolute atomic E-state index is 0. The molecule has 0 spiro atoms. The second-order valence-electron chi connectivity index (χ2n) is 4.62. The first-order valence-electron chi connectivity index (χ1n) is 6.41. The molecule has 5 nitrogen and oxygen atoms in total. The van der Waals surface area contributed by atoms with Crippen molar-refractivity contribution in [2.75, 3.05) is 33.9 Å².